The minimum absolute atomic E-state index is 0.147. The first-order valence-corrected chi connectivity index (χ1v) is 6.84. The van der Waals surface area contributed by atoms with E-state index in [0.717, 1.165) is 0 Å². The summed E-state index contributed by atoms with van der Waals surface area (Å²) >= 11 is 0. The van der Waals surface area contributed by atoms with Crippen LogP contribution in [0.4, 0.5) is 4.39 Å². The van der Waals surface area contributed by atoms with Gasteiger partial charge in [-0.05, 0) is 31.5 Å². The number of benzene rings is 1. The topological polar surface area (TPSA) is 58.6 Å². The fraction of sp³-hybridized carbons (Fsp3) is 0.467. The number of amides is 2. The number of nitrogens with one attached hydrogen (secondary N) is 1. The van der Waals surface area contributed by atoms with Gasteiger partial charge in [0.25, 0.3) is 0 Å². The minimum atomic E-state index is -0.564. The van der Waals surface area contributed by atoms with Crippen LogP contribution in [0.15, 0.2) is 18.2 Å². The SMILES string of the molecule is COc1ccc(CN2C(=O)C(C)NC(=O)CC2C)cc1F. The highest BCUT2D eigenvalue weighted by atomic mass is 19.1. The first kappa shape index (κ1) is 15.3. The molecule has 1 aromatic carbocycles. The molecule has 1 heterocycles. The van der Waals surface area contributed by atoms with Crippen molar-refractivity contribution in [2.75, 3.05) is 7.11 Å². The van der Waals surface area contributed by atoms with Crippen LogP contribution in [-0.2, 0) is 16.1 Å². The van der Waals surface area contributed by atoms with Crippen LogP contribution in [0.25, 0.3) is 0 Å². The molecule has 2 rings (SSSR count). The largest absolute Gasteiger partial charge is 0.494 e. The predicted molar refractivity (Wildman–Crippen MR) is 75.2 cm³/mol. The molecule has 1 N–H and O–H groups in total. The van der Waals surface area contributed by atoms with Crippen LogP contribution in [0.3, 0.4) is 0 Å². The molecule has 0 spiro atoms. The summed E-state index contributed by atoms with van der Waals surface area (Å²) in [5, 5.41) is 2.64. The second-order valence-corrected chi connectivity index (χ2v) is 5.28. The van der Waals surface area contributed by atoms with E-state index in [9.17, 15) is 14.0 Å². The number of rotatable bonds is 3. The van der Waals surface area contributed by atoms with Crippen molar-refractivity contribution in [2.24, 2.45) is 0 Å². The maximum atomic E-state index is 13.7. The van der Waals surface area contributed by atoms with E-state index in [1.165, 1.54) is 19.2 Å². The monoisotopic (exact) mass is 294 g/mol. The maximum Gasteiger partial charge on any atom is 0.245 e. The van der Waals surface area contributed by atoms with E-state index in [1.54, 1.807) is 17.9 Å². The van der Waals surface area contributed by atoms with Gasteiger partial charge in [0.2, 0.25) is 11.8 Å². The number of ether oxygens (including phenoxy) is 1. The third kappa shape index (κ3) is 3.32. The third-order valence-corrected chi connectivity index (χ3v) is 3.61. The van der Waals surface area contributed by atoms with E-state index in [4.69, 9.17) is 4.74 Å². The average molecular weight is 294 g/mol. The summed E-state index contributed by atoms with van der Waals surface area (Å²) in [7, 11) is 1.40. The van der Waals surface area contributed by atoms with Crippen molar-refractivity contribution in [3.63, 3.8) is 0 Å². The number of methoxy groups -OCH3 is 1. The normalized spacial score (nSPS) is 22.8. The van der Waals surface area contributed by atoms with Crippen molar-refractivity contribution < 1.29 is 18.7 Å². The predicted octanol–water partition coefficient (Wildman–Crippen LogP) is 1.46. The first-order chi connectivity index (χ1) is 9.92. The Hall–Kier alpha value is -2.11. The van der Waals surface area contributed by atoms with Crippen LogP contribution >= 0.6 is 0 Å². The molecule has 0 radical (unpaired) electrons. The van der Waals surface area contributed by atoms with E-state index in [0.29, 0.717) is 5.56 Å². The Balaban J connectivity index is 2.21. The van der Waals surface area contributed by atoms with E-state index < -0.39 is 11.9 Å². The zero-order valence-corrected chi connectivity index (χ0v) is 12.4. The van der Waals surface area contributed by atoms with Crippen molar-refractivity contribution in [2.45, 2.75) is 38.9 Å². The van der Waals surface area contributed by atoms with Crippen molar-refractivity contribution in [3.8, 4) is 5.75 Å². The number of carbonyl (C=O) groups is 2. The zero-order valence-electron chi connectivity index (χ0n) is 12.4. The van der Waals surface area contributed by atoms with Gasteiger partial charge in [0.15, 0.2) is 11.6 Å². The Morgan fingerprint density at radius 3 is 2.71 bits per heavy atom. The number of carbonyl (C=O) groups excluding carboxylic acids is 2. The number of halogens is 1. The molecular formula is C15H19FN2O3. The molecule has 0 aliphatic carbocycles. The molecule has 2 unspecified atom stereocenters. The average Bonchev–Trinajstić information content (AvgIpc) is 2.51. The lowest BCUT2D eigenvalue weighted by Gasteiger charge is -2.28. The molecular weight excluding hydrogens is 275 g/mol. The Morgan fingerprint density at radius 1 is 1.38 bits per heavy atom. The third-order valence-electron chi connectivity index (χ3n) is 3.61. The molecule has 1 aliphatic rings. The molecule has 1 fully saturated rings. The molecule has 2 amide bonds. The molecule has 5 nitrogen and oxygen atoms in total. The molecule has 0 bridgehead atoms. The smallest absolute Gasteiger partial charge is 0.245 e. The van der Waals surface area contributed by atoms with Gasteiger partial charge >= 0.3 is 0 Å². The lowest BCUT2D eigenvalue weighted by molar-refractivity contribution is -0.135. The summed E-state index contributed by atoms with van der Waals surface area (Å²) in [4.78, 5) is 25.5. The zero-order chi connectivity index (χ0) is 15.6. The number of hydrogen-bond acceptors (Lipinski definition) is 3. The lowest BCUT2D eigenvalue weighted by atomic mass is 10.1. The van der Waals surface area contributed by atoms with Crippen molar-refractivity contribution in [3.05, 3.63) is 29.6 Å². The molecule has 6 heteroatoms. The summed E-state index contributed by atoms with van der Waals surface area (Å²) in [6.07, 6.45) is 0.245. The second-order valence-electron chi connectivity index (χ2n) is 5.28. The Bertz CT molecular complexity index is 562. The van der Waals surface area contributed by atoms with Gasteiger partial charge in [0.1, 0.15) is 6.04 Å². The van der Waals surface area contributed by atoms with Gasteiger partial charge in [-0.2, -0.15) is 0 Å². The van der Waals surface area contributed by atoms with Crippen molar-refractivity contribution >= 4 is 11.8 Å². The van der Waals surface area contributed by atoms with Crippen LogP contribution in [0.5, 0.6) is 5.75 Å². The molecule has 114 valence electrons. The molecule has 1 aliphatic heterocycles. The van der Waals surface area contributed by atoms with E-state index >= 15 is 0 Å². The van der Waals surface area contributed by atoms with E-state index in [-0.39, 0.29) is 36.6 Å². The van der Waals surface area contributed by atoms with Gasteiger partial charge in [-0.15, -0.1) is 0 Å². The number of nitrogens with zero attached hydrogens (tertiary/aromatic N) is 1. The van der Waals surface area contributed by atoms with Gasteiger partial charge < -0.3 is 15.0 Å². The van der Waals surface area contributed by atoms with Crippen LogP contribution in [-0.4, -0.2) is 35.9 Å². The maximum absolute atomic E-state index is 13.7. The van der Waals surface area contributed by atoms with E-state index in [1.807, 2.05) is 6.92 Å². The molecule has 0 saturated carbocycles. The first-order valence-electron chi connectivity index (χ1n) is 6.84. The molecule has 1 saturated heterocycles. The van der Waals surface area contributed by atoms with Gasteiger partial charge in [-0.3, -0.25) is 9.59 Å². The van der Waals surface area contributed by atoms with Crippen molar-refractivity contribution in [1.29, 1.82) is 0 Å². The highest BCUT2D eigenvalue weighted by Gasteiger charge is 2.31. The Labute approximate surface area is 123 Å². The summed E-state index contributed by atoms with van der Waals surface area (Å²) in [6.45, 7) is 3.73. The molecule has 1 aromatic rings. The van der Waals surface area contributed by atoms with Crippen LogP contribution in [0.1, 0.15) is 25.8 Å². The minimum Gasteiger partial charge on any atom is -0.494 e. The fourth-order valence-corrected chi connectivity index (χ4v) is 2.45. The molecule has 21 heavy (non-hydrogen) atoms. The number of hydrogen-bond donors (Lipinski definition) is 1. The highest BCUT2D eigenvalue weighted by molar-refractivity contribution is 5.90. The summed E-state index contributed by atoms with van der Waals surface area (Å²) in [5.41, 5.74) is 0.662. The quantitative estimate of drug-likeness (QED) is 0.918. The van der Waals surface area contributed by atoms with Crippen molar-refractivity contribution in [1.82, 2.24) is 10.2 Å². The summed E-state index contributed by atoms with van der Waals surface area (Å²) in [5.74, 6) is -0.609. The molecule has 0 aromatic heterocycles. The van der Waals surface area contributed by atoms with Gasteiger partial charge in [0, 0.05) is 19.0 Å². The van der Waals surface area contributed by atoms with Gasteiger partial charge in [-0.25, -0.2) is 4.39 Å². The Morgan fingerprint density at radius 2 is 2.10 bits per heavy atom. The van der Waals surface area contributed by atoms with Crippen LogP contribution in [0, 0.1) is 5.82 Å². The fourth-order valence-electron chi connectivity index (χ4n) is 2.45. The van der Waals surface area contributed by atoms with Crippen LogP contribution < -0.4 is 10.1 Å². The summed E-state index contributed by atoms with van der Waals surface area (Å²) in [6, 6.07) is 3.80. The second kappa shape index (κ2) is 6.11. The van der Waals surface area contributed by atoms with E-state index in [2.05, 4.69) is 5.32 Å². The van der Waals surface area contributed by atoms with Gasteiger partial charge in [0.05, 0.1) is 7.11 Å². The van der Waals surface area contributed by atoms with Crippen LogP contribution in [0.2, 0.25) is 0 Å². The standard InChI is InChI=1S/C15H19FN2O3/c1-9-6-14(19)17-10(2)15(20)18(9)8-11-4-5-13(21-3)12(16)7-11/h4-5,7,9-10H,6,8H2,1-3H3,(H,17,19). The Kier molecular flexibility index (Phi) is 4.45. The summed E-state index contributed by atoms with van der Waals surface area (Å²) < 4.78 is 18.6. The molecule has 2 atom stereocenters. The lowest BCUT2D eigenvalue weighted by Crippen LogP contribution is -2.44. The highest BCUT2D eigenvalue weighted by Crippen LogP contribution is 2.21. The van der Waals surface area contributed by atoms with Gasteiger partial charge in [-0.1, -0.05) is 6.07 Å².